The molecule has 2 heterocycles. The third kappa shape index (κ3) is 3.93. The van der Waals surface area contributed by atoms with Crippen LogP contribution in [0.15, 0.2) is 0 Å². The lowest BCUT2D eigenvalue weighted by molar-refractivity contribution is -0.0267. The van der Waals surface area contributed by atoms with E-state index in [1.54, 1.807) is 0 Å². The van der Waals surface area contributed by atoms with Gasteiger partial charge in [0.25, 0.3) is 0 Å². The number of piperidine rings is 1. The number of aliphatic hydroxyl groups is 1. The van der Waals surface area contributed by atoms with E-state index >= 15 is 0 Å². The molecule has 0 spiro atoms. The van der Waals surface area contributed by atoms with Crippen LogP contribution in [0.25, 0.3) is 0 Å². The summed E-state index contributed by atoms with van der Waals surface area (Å²) in [5, 5.41) is 14.7. The Balaban J connectivity index is 1.93. The third-order valence-corrected chi connectivity index (χ3v) is 5.22. The van der Waals surface area contributed by atoms with Crippen molar-refractivity contribution in [2.75, 3.05) is 26.2 Å². The van der Waals surface area contributed by atoms with Gasteiger partial charge in [0, 0.05) is 12.6 Å². The molecule has 3 atom stereocenters. The Morgan fingerprint density at radius 2 is 2.11 bits per heavy atom. The molecular formula is C16H32N2O. The summed E-state index contributed by atoms with van der Waals surface area (Å²) >= 11 is 0. The van der Waals surface area contributed by atoms with Gasteiger partial charge in [-0.3, -0.25) is 0 Å². The first-order valence-corrected chi connectivity index (χ1v) is 8.36. The summed E-state index contributed by atoms with van der Waals surface area (Å²) < 4.78 is 0. The van der Waals surface area contributed by atoms with Gasteiger partial charge < -0.3 is 15.3 Å². The van der Waals surface area contributed by atoms with Gasteiger partial charge >= 0.3 is 0 Å². The predicted octanol–water partition coefficient (Wildman–Crippen LogP) is 2.39. The van der Waals surface area contributed by atoms with Crippen molar-refractivity contribution >= 4 is 0 Å². The molecule has 3 unspecified atom stereocenters. The average Bonchev–Trinajstić information content (AvgIpc) is 2.63. The van der Waals surface area contributed by atoms with E-state index in [0.29, 0.717) is 6.04 Å². The fraction of sp³-hybridized carbons (Fsp3) is 1.00. The van der Waals surface area contributed by atoms with E-state index < -0.39 is 5.60 Å². The van der Waals surface area contributed by atoms with Gasteiger partial charge in [0.15, 0.2) is 0 Å². The molecule has 0 aromatic carbocycles. The standard InChI is InChI=1S/C16H32N2O/c1-3-10-18-11-5-7-16(19,8-12-18)15-13-14(4-2)6-9-17-15/h14-15,17,19H,3-13H2,1-2H3. The van der Waals surface area contributed by atoms with Crippen LogP contribution in [0.5, 0.6) is 0 Å². The molecule has 0 saturated carbocycles. The summed E-state index contributed by atoms with van der Waals surface area (Å²) in [6.45, 7) is 9.04. The Bertz CT molecular complexity index is 271. The van der Waals surface area contributed by atoms with Gasteiger partial charge in [-0.25, -0.2) is 0 Å². The number of hydrogen-bond acceptors (Lipinski definition) is 3. The first-order valence-electron chi connectivity index (χ1n) is 8.36. The molecule has 2 rings (SSSR count). The fourth-order valence-electron chi connectivity index (χ4n) is 3.86. The highest BCUT2D eigenvalue weighted by molar-refractivity contribution is 4.96. The van der Waals surface area contributed by atoms with Crippen LogP contribution in [0.2, 0.25) is 0 Å². The van der Waals surface area contributed by atoms with Crippen molar-refractivity contribution in [3.63, 3.8) is 0 Å². The van der Waals surface area contributed by atoms with E-state index in [1.165, 1.54) is 38.8 Å². The Kier molecular flexibility index (Phi) is 5.67. The molecule has 2 aliphatic heterocycles. The molecule has 0 aromatic rings. The minimum absolute atomic E-state index is 0.327. The molecule has 2 saturated heterocycles. The normalized spacial score (nSPS) is 38.1. The Labute approximate surface area is 118 Å². The predicted molar refractivity (Wildman–Crippen MR) is 80.3 cm³/mol. The minimum Gasteiger partial charge on any atom is -0.388 e. The number of hydrogen-bond donors (Lipinski definition) is 2. The summed E-state index contributed by atoms with van der Waals surface area (Å²) in [4.78, 5) is 2.53. The highest BCUT2D eigenvalue weighted by Crippen LogP contribution is 2.32. The van der Waals surface area contributed by atoms with Crippen LogP contribution in [0.3, 0.4) is 0 Å². The topological polar surface area (TPSA) is 35.5 Å². The SMILES string of the molecule is CCCN1CCCC(O)(C2CC(CC)CCN2)CC1. The second kappa shape index (κ2) is 7.05. The Hall–Kier alpha value is -0.120. The van der Waals surface area contributed by atoms with Gasteiger partial charge in [-0.15, -0.1) is 0 Å². The van der Waals surface area contributed by atoms with E-state index in [0.717, 1.165) is 38.3 Å². The van der Waals surface area contributed by atoms with Gasteiger partial charge in [-0.2, -0.15) is 0 Å². The Morgan fingerprint density at radius 1 is 1.26 bits per heavy atom. The summed E-state index contributed by atoms with van der Waals surface area (Å²) in [5.41, 5.74) is -0.462. The monoisotopic (exact) mass is 268 g/mol. The molecule has 0 aliphatic carbocycles. The molecule has 3 heteroatoms. The summed E-state index contributed by atoms with van der Waals surface area (Å²) in [7, 11) is 0. The van der Waals surface area contributed by atoms with E-state index in [-0.39, 0.29) is 0 Å². The van der Waals surface area contributed by atoms with Crippen LogP contribution in [-0.2, 0) is 0 Å². The Morgan fingerprint density at radius 3 is 2.84 bits per heavy atom. The van der Waals surface area contributed by atoms with Crippen molar-refractivity contribution in [2.45, 2.75) is 70.4 Å². The highest BCUT2D eigenvalue weighted by atomic mass is 16.3. The number of rotatable bonds is 4. The van der Waals surface area contributed by atoms with Crippen LogP contribution >= 0.6 is 0 Å². The first kappa shape index (κ1) is 15.3. The number of likely N-dealkylation sites (tertiary alicyclic amines) is 1. The summed E-state index contributed by atoms with van der Waals surface area (Å²) in [6, 6.07) is 0.327. The number of nitrogens with zero attached hydrogens (tertiary/aromatic N) is 1. The van der Waals surface area contributed by atoms with Crippen molar-refractivity contribution in [3.8, 4) is 0 Å². The van der Waals surface area contributed by atoms with Crippen molar-refractivity contribution in [3.05, 3.63) is 0 Å². The molecule has 2 N–H and O–H groups in total. The van der Waals surface area contributed by atoms with E-state index in [2.05, 4.69) is 24.1 Å². The lowest BCUT2D eigenvalue weighted by Crippen LogP contribution is -2.54. The quantitative estimate of drug-likeness (QED) is 0.822. The van der Waals surface area contributed by atoms with E-state index in [1.807, 2.05) is 0 Å². The van der Waals surface area contributed by atoms with Crippen LogP contribution in [0.1, 0.15) is 58.8 Å². The van der Waals surface area contributed by atoms with E-state index in [9.17, 15) is 5.11 Å². The van der Waals surface area contributed by atoms with Gasteiger partial charge in [0.2, 0.25) is 0 Å². The van der Waals surface area contributed by atoms with Gasteiger partial charge in [0.1, 0.15) is 0 Å². The maximum Gasteiger partial charge on any atom is 0.0812 e. The molecule has 0 radical (unpaired) electrons. The zero-order chi connectivity index (χ0) is 13.7. The lowest BCUT2D eigenvalue weighted by Gasteiger charge is -2.41. The molecule has 0 amide bonds. The van der Waals surface area contributed by atoms with Crippen molar-refractivity contribution in [1.29, 1.82) is 0 Å². The molecule has 0 aromatic heterocycles. The largest absolute Gasteiger partial charge is 0.388 e. The molecular weight excluding hydrogens is 236 g/mol. The minimum atomic E-state index is -0.462. The fourth-order valence-corrected chi connectivity index (χ4v) is 3.86. The van der Waals surface area contributed by atoms with Gasteiger partial charge in [-0.1, -0.05) is 20.3 Å². The molecule has 0 bridgehead atoms. The van der Waals surface area contributed by atoms with Crippen LogP contribution in [0.4, 0.5) is 0 Å². The van der Waals surface area contributed by atoms with Crippen LogP contribution in [-0.4, -0.2) is 47.8 Å². The first-order chi connectivity index (χ1) is 9.18. The van der Waals surface area contributed by atoms with Crippen LogP contribution in [0, 0.1) is 5.92 Å². The number of nitrogens with one attached hydrogen (secondary N) is 1. The second-order valence-corrected chi connectivity index (χ2v) is 6.60. The van der Waals surface area contributed by atoms with Crippen LogP contribution < -0.4 is 5.32 Å². The lowest BCUT2D eigenvalue weighted by atomic mass is 9.78. The third-order valence-electron chi connectivity index (χ3n) is 5.22. The summed E-state index contributed by atoms with van der Waals surface area (Å²) in [5.74, 6) is 0.810. The highest BCUT2D eigenvalue weighted by Gasteiger charge is 2.40. The molecule has 2 aliphatic rings. The van der Waals surface area contributed by atoms with Gasteiger partial charge in [0.05, 0.1) is 5.60 Å². The zero-order valence-electron chi connectivity index (χ0n) is 12.8. The van der Waals surface area contributed by atoms with Crippen molar-refractivity contribution < 1.29 is 5.11 Å². The van der Waals surface area contributed by atoms with Crippen molar-refractivity contribution in [2.24, 2.45) is 5.92 Å². The molecule has 3 nitrogen and oxygen atoms in total. The van der Waals surface area contributed by atoms with Crippen molar-refractivity contribution in [1.82, 2.24) is 10.2 Å². The molecule has 112 valence electrons. The second-order valence-electron chi connectivity index (χ2n) is 6.60. The van der Waals surface area contributed by atoms with E-state index in [4.69, 9.17) is 0 Å². The zero-order valence-corrected chi connectivity index (χ0v) is 12.8. The molecule has 19 heavy (non-hydrogen) atoms. The maximum atomic E-state index is 11.1. The van der Waals surface area contributed by atoms with Gasteiger partial charge in [-0.05, 0) is 64.1 Å². The summed E-state index contributed by atoms with van der Waals surface area (Å²) in [6.07, 6.45) is 7.99. The smallest absolute Gasteiger partial charge is 0.0812 e. The molecule has 2 fully saturated rings. The average molecular weight is 268 g/mol. The maximum absolute atomic E-state index is 11.1.